The number of benzene rings is 2. The number of halogens is 6. The van der Waals surface area contributed by atoms with Crippen molar-refractivity contribution in [1.29, 1.82) is 0 Å². The Hall–Kier alpha value is -2.84. The number of hydrogen-bond acceptors (Lipinski definition) is 2. The number of amides is 2. The van der Waals surface area contributed by atoms with E-state index in [0.717, 1.165) is 0 Å². The van der Waals surface area contributed by atoms with Gasteiger partial charge in [-0.1, -0.05) is 18.2 Å². The van der Waals surface area contributed by atoms with Gasteiger partial charge in [0.2, 0.25) is 5.91 Å². The molecule has 2 aromatic rings. The molecule has 0 unspecified atom stereocenters. The van der Waals surface area contributed by atoms with Crippen molar-refractivity contribution < 1.29 is 35.9 Å². The number of anilines is 1. The van der Waals surface area contributed by atoms with Crippen molar-refractivity contribution in [3.05, 3.63) is 64.7 Å². The second kappa shape index (κ2) is 5.86. The number of rotatable bonds is 1. The number of imide groups is 1. The van der Waals surface area contributed by atoms with E-state index in [9.17, 15) is 35.9 Å². The molecule has 1 heterocycles. The van der Waals surface area contributed by atoms with E-state index in [4.69, 9.17) is 0 Å². The van der Waals surface area contributed by atoms with Crippen LogP contribution in [-0.2, 0) is 23.6 Å². The topological polar surface area (TPSA) is 37.4 Å². The highest BCUT2D eigenvalue weighted by molar-refractivity contribution is 6.24. The van der Waals surface area contributed by atoms with Crippen LogP contribution in [0.1, 0.15) is 27.0 Å². The Bertz CT molecular complexity index is 869. The van der Waals surface area contributed by atoms with Crippen LogP contribution in [0, 0.1) is 0 Å². The average molecular weight is 373 g/mol. The molecule has 0 fully saturated rings. The summed E-state index contributed by atoms with van der Waals surface area (Å²) < 4.78 is 77.9. The van der Waals surface area contributed by atoms with Crippen molar-refractivity contribution in [3.63, 3.8) is 0 Å². The van der Waals surface area contributed by atoms with Gasteiger partial charge in [-0.05, 0) is 29.8 Å². The largest absolute Gasteiger partial charge is 0.416 e. The SMILES string of the molecule is O=C1Cc2ccccc2C(=O)N1c1cc(C(F)(F)F)cc(C(F)(F)F)c1. The van der Waals surface area contributed by atoms with Crippen molar-refractivity contribution in [2.75, 3.05) is 4.90 Å². The summed E-state index contributed by atoms with van der Waals surface area (Å²) in [5.74, 6) is -1.87. The molecule has 0 N–H and O–H groups in total. The second-order valence-electron chi connectivity index (χ2n) is 5.63. The monoisotopic (exact) mass is 373 g/mol. The molecule has 136 valence electrons. The Labute approximate surface area is 142 Å². The van der Waals surface area contributed by atoms with Crippen molar-refractivity contribution in [3.8, 4) is 0 Å². The van der Waals surface area contributed by atoms with E-state index in [-0.39, 0.29) is 18.1 Å². The van der Waals surface area contributed by atoms with Crippen molar-refractivity contribution in [2.45, 2.75) is 18.8 Å². The van der Waals surface area contributed by atoms with E-state index in [0.29, 0.717) is 22.6 Å². The van der Waals surface area contributed by atoms with E-state index in [1.165, 1.54) is 18.2 Å². The average Bonchev–Trinajstić information content (AvgIpc) is 2.53. The van der Waals surface area contributed by atoms with E-state index in [1.54, 1.807) is 6.07 Å². The van der Waals surface area contributed by atoms with Crippen LogP contribution < -0.4 is 4.90 Å². The third-order valence-corrected chi connectivity index (χ3v) is 3.87. The van der Waals surface area contributed by atoms with Crippen LogP contribution in [0.15, 0.2) is 42.5 Å². The smallest absolute Gasteiger partial charge is 0.274 e. The lowest BCUT2D eigenvalue weighted by Crippen LogP contribution is -2.42. The zero-order valence-corrected chi connectivity index (χ0v) is 12.8. The third-order valence-electron chi connectivity index (χ3n) is 3.87. The minimum Gasteiger partial charge on any atom is -0.274 e. The molecule has 1 aliphatic heterocycles. The molecular weight excluding hydrogens is 364 g/mol. The quantitative estimate of drug-likeness (QED) is 0.547. The van der Waals surface area contributed by atoms with Crippen LogP contribution in [0.25, 0.3) is 0 Å². The zero-order valence-electron chi connectivity index (χ0n) is 12.8. The molecule has 0 saturated heterocycles. The number of alkyl halides is 6. The maximum Gasteiger partial charge on any atom is 0.416 e. The molecule has 0 aromatic heterocycles. The molecule has 0 atom stereocenters. The van der Waals surface area contributed by atoms with Gasteiger partial charge in [-0.25, -0.2) is 4.90 Å². The minimum absolute atomic E-state index is 0.0538. The highest BCUT2D eigenvalue weighted by atomic mass is 19.4. The first-order valence-electron chi connectivity index (χ1n) is 7.23. The molecule has 9 heteroatoms. The highest BCUT2D eigenvalue weighted by Gasteiger charge is 2.39. The lowest BCUT2D eigenvalue weighted by Gasteiger charge is -2.28. The van der Waals surface area contributed by atoms with Crippen LogP contribution in [0.3, 0.4) is 0 Å². The molecule has 0 saturated carbocycles. The standard InChI is InChI=1S/C17H9F6NO2/c18-16(19,20)10-6-11(17(21,22)23)8-12(7-10)24-14(25)5-9-3-1-2-4-13(9)15(24)26/h1-4,6-8H,5H2. The van der Waals surface area contributed by atoms with Crippen LogP contribution in [-0.4, -0.2) is 11.8 Å². The number of carbonyl (C=O) groups is 2. The Morgan fingerprint density at radius 3 is 1.88 bits per heavy atom. The van der Waals surface area contributed by atoms with Gasteiger partial charge in [0.15, 0.2) is 0 Å². The lowest BCUT2D eigenvalue weighted by atomic mass is 9.97. The fourth-order valence-electron chi connectivity index (χ4n) is 2.69. The van der Waals surface area contributed by atoms with Gasteiger partial charge in [-0.15, -0.1) is 0 Å². The van der Waals surface area contributed by atoms with Gasteiger partial charge in [0.1, 0.15) is 0 Å². The van der Waals surface area contributed by atoms with E-state index in [1.807, 2.05) is 0 Å². The maximum absolute atomic E-state index is 13.0. The van der Waals surface area contributed by atoms with Crippen molar-refractivity contribution >= 4 is 17.5 Å². The molecule has 0 spiro atoms. The van der Waals surface area contributed by atoms with E-state index >= 15 is 0 Å². The summed E-state index contributed by atoms with van der Waals surface area (Å²) in [5.41, 5.74) is -3.54. The summed E-state index contributed by atoms with van der Waals surface area (Å²) in [6, 6.07) is 6.57. The van der Waals surface area contributed by atoms with Crippen molar-refractivity contribution in [2.24, 2.45) is 0 Å². The molecule has 0 radical (unpaired) electrons. The normalized spacial score (nSPS) is 15.2. The third kappa shape index (κ3) is 3.16. The lowest BCUT2D eigenvalue weighted by molar-refractivity contribution is -0.143. The van der Waals surface area contributed by atoms with Gasteiger partial charge in [-0.2, -0.15) is 26.3 Å². The summed E-state index contributed by atoms with van der Waals surface area (Å²) in [6.45, 7) is 0. The fraction of sp³-hybridized carbons (Fsp3) is 0.176. The molecular formula is C17H9F6NO2. The van der Waals surface area contributed by atoms with Gasteiger partial charge in [0, 0.05) is 5.56 Å². The van der Waals surface area contributed by atoms with Crippen LogP contribution >= 0.6 is 0 Å². The summed E-state index contributed by atoms with van der Waals surface area (Å²) in [6.07, 6.45) is -10.5. The summed E-state index contributed by atoms with van der Waals surface area (Å²) >= 11 is 0. The number of hydrogen-bond donors (Lipinski definition) is 0. The number of nitrogens with zero attached hydrogens (tertiary/aromatic N) is 1. The van der Waals surface area contributed by atoms with Gasteiger partial charge < -0.3 is 0 Å². The number of carbonyl (C=O) groups excluding carboxylic acids is 2. The Balaban J connectivity index is 2.17. The van der Waals surface area contributed by atoms with Crippen LogP contribution in [0.2, 0.25) is 0 Å². The Morgan fingerprint density at radius 2 is 1.35 bits per heavy atom. The number of fused-ring (bicyclic) bond motifs is 1. The van der Waals surface area contributed by atoms with Crippen molar-refractivity contribution in [1.82, 2.24) is 0 Å². The summed E-state index contributed by atoms with van der Waals surface area (Å²) in [4.78, 5) is 25.1. The molecule has 0 aliphatic carbocycles. The first-order valence-corrected chi connectivity index (χ1v) is 7.23. The molecule has 1 aliphatic rings. The zero-order chi connectivity index (χ0) is 19.3. The second-order valence-corrected chi connectivity index (χ2v) is 5.63. The first-order chi connectivity index (χ1) is 12.0. The van der Waals surface area contributed by atoms with Crippen LogP contribution in [0.4, 0.5) is 32.0 Å². The molecule has 2 aromatic carbocycles. The molecule has 0 bridgehead atoms. The fourth-order valence-corrected chi connectivity index (χ4v) is 2.69. The predicted molar refractivity (Wildman–Crippen MR) is 78.4 cm³/mol. The summed E-state index contributed by atoms with van der Waals surface area (Å²) in [7, 11) is 0. The van der Waals surface area contributed by atoms with Gasteiger partial charge in [0.25, 0.3) is 5.91 Å². The summed E-state index contributed by atoms with van der Waals surface area (Å²) in [5, 5.41) is 0. The minimum atomic E-state index is -5.07. The van der Waals surface area contributed by atoms with E-state index < -0.39 is 41.0 Å². The Kier molecular flexibility index (Phi) is 4.05. The molecule has 3 nitrogen and oxygen atoms in total. The highest BCUT2D eigenvalue weighted by Crippen LogP contribution is 2.39. The van der Waals surface area contributed by atoms with Gasteiger partial charge >= 0.3 is 12.4 Å². The molecule has 26 heavy (non-hydrogen) atoms. The Morgan fingerprint density at radius 1 is 0.808 bits per heavy atom. The molecule has 2 amide bonds. The van der Waals surface area contributed by atoms with Gasteiger partial charge in [-0.3, -0.25) is 9.59 Å². The maximum atomic E-state index is 13.0. The van der Waals surface area contributed by atoms with Crippen LogP contribution in [0.5, 0.6) is 0 Å². The predicted octanol–water partition coefficient (Wildman–Crippen LogP) is 4.45. The van der Waals surface area contributed by atoms with Gasteiger partial charge in [0.05, 0.1) is 23.2 Å². The molecule has 3 rings (SSSR count). The first kappa shape index (κ1) is 18.0. The van der Waals surface area contributed by atoms with E-state index in [2.05, 4.69) is 0 Å².